The maximum atomic E-state index is 12.3. The zero-order valence-electron chi connectivity index (χ0n) is 18.4. The Morgan fingerprint density at radius 1 is 1.17 bits per heavy atom. The highest BCUT2D eigenvalue weighted by molar-refractivity contribution is 14.0. The molecule has 30 heavy (non-hydrogen) atoms. The van der Waals surface area contributed by atoms with E-state index in [4.69, 9.17) is 4.74 Å². The fourth-order valence-corrected chi connectivity index (χ4v) is 2.75. The Hall–Kier alpha value is -2.23. The van der Waals surface area contributed by atoms with E-state index in [1.165, 1.54) is 0 Å². The molecule has 1 atom stereocenters. The number of carbonyl (C=O) groups is 1. The number of amides is 1. The normalized spacial score (nSPS) is 12.5. The van der Waals surface area contributed by atoms with Crippen LogP contribution in [0.2, 0.25) is 0 Å². The summed E-state index contributed by atoms with van der Waals surface area (Å²) in [6, 6.07) is 11.6. The van der Waals surface area contributed by atoms with Crippen molar-refractivity contribution in [2.45, 2.75) is 45.9 Å². The summed E-state index contributed by atoms with van der Waals surface area (Å²) >= 11 is 0. The predicted molar refractivity (Wildman–Crippen MR) is 132 cm³/mol. The Kier molecular flexibility index (Phi) is 10.7. The molecule has 1 unspecified atom stereocenters. The second kappa shape index (κ2) is 12.5. The van der Waals surface area contributed by atoms with E-state index in [2.05, 4.69) is 20.9 Å². The van der Waals surface area contributed by atoms with Gasteiger partial charge in [0.05, 0.1) is 12.6 Å². The molecule has 0 spiro atoms. The standard InChI is InChI=1S/C22H33N5O2.HI/c1-6-23-20(24-14-17-12-13-27(5)16-17)25-15-19(18-10-8-7-9-11-18)26-21(28)29-22(2,3)4;/h7-13,16,19H,6,14-15H2,1-5H3,(H,26,28)(H2,23,24,25);1H. The molecule has 0 aliphatic heterocycles. The molecule has 0 bridgehead atoms. The highest BCUT2D eigenvalue weighted by Gasteiger charge is 2.20. The van der Waals surface area contributed by atoms with Crippen LogP contribution in [-0.4, -0.2) is 35.3 Å². The molecular formula is C22H34IN5O2. The van der Waals surface area contributed by atoms with Crippen molar-refractivity contribution in [2.75, 3.05) is 13.1 Å². The molecule has 1 aromatic carbocycles. The smallest absolute Gasteiger partial charge is 0.408 e. The largest absolute Gasteiger partial charge is 0.444 e. The molecule has 7 nitrogen and oxygen atoms in total. The molecule has 1 amide bonds. The van der Waals surface area contributed by atoms with Gasteiger partial charge < -0.3 is 25.3 Å². The van der Waals surface area contributed by atoms with Gasteiger partial charge in [-0.15, -0.1) is 24.0 Å². The number of halogens is 1. The topological polar surface area (TPSA) is 79.7 Å². The van der Waals surface area contributed by atoms with Crippen molar-refractivity contribution in [3.8, 4) is 0 Å². The quantitative estimate of drug-likeness (QED) is 0.290. The first-order chi connectivity index (χ1) is 13.8. The van der Waals surface area contributed by atoms with Crippen LogP contribution in [0.1, 0.15) is 44.9 Å². The van der Waals surface area contributed by atoms with Crippen LogP contribution in [0.5, 0.6) is 0 Å². The second-order valence-electron chi connectivity index (χ2n) is 7.87. The predicted octanol–water partition coefficient (Wildman–Crippen LogP) is 3.96. The van der Waals surface area contributed by atoms with Gasteiger partial charge in [0.25, 0.3) is 0 Å². The molecule has 2 aromatic rings. The van der Waals surface area contributed by atoms with Crippen molar-refractivity contribution < 1.29 is 9.53 Å². The van der Waals surface area contributed by atoms with Crippen LogP contribution in [-0.2, 0) is 18.3 Å². The molecule has 0 fully saturated rings. The van der Waals surface area contributed by atoms with Crippen LogP contribution in [0.3, 0.4) is 0 Å². The van der Waals surface area contributed by atoms with Crippen molar-refractivity contribution in [2.24, 2.45) is 12.0 Å². The summed E-state index contributed by atoms with van der Waals surface area (Å²) < 4.78 is 7.43. The van der Waals surface area contributed by atoms with Crippen molar-refractivity contribution in [1.29, 1.82) is 0 Å². The van der Waals surface area contributed by atoms with Gasteiger partial charge >= 0.3 is 6.09 Å². The lowest BCUT2D eigenvalue weighted by Crippen LogP contribution is -2.44. The van der Waals surface area contributed by atoms with E-state index in [1.54, 1.807) is 0 Å². The highest BCUT2D eigenvalue weighted by atomic mass is 127. The number of benzene rings is 1. The SMILES string of the molecule is CCNC(=NCc1ccn(C)c1)NCC(NC(=O)OC(C)(C)C)c1ccccc1.I. The molecule has 8 heteroatoms. The third kappa shape index (κ3) is 9.51. The minimum Gasteiger partial charge on any atom is -0.444 e. The Morgan fingerprint density at radius 3 is 2.43 bits per heavy atom. The summed E-state index contributed by atoms with van der Waals surface area (Å²) in [5.74, 6) is 0.697. The summed E-state index contributed by atoms with van der Waals surface area (Å²) in [4.78, 5) is 17.0. The summed E-state index contributed by atoms with van der Waals surface area (Å²) in [6.07, 6.45) is 3.60. The Labute approximate surface area is 196 Å². The lowest BCUT2D eigenvalue weighted by molar-refractivity contribution is 0.0504. The fourth-order valence-electron chi connectivity index (χ4n) is 2.75. The number of alkyl carbamates (subject to hydrolysis) is 1. The van der Waals surface area contributed by atoms with E-state index < -0.39 is 11.7 Å². The highest BCUT2D eigenvalue weighted by Crippen LogP contribution is 2.14. The molecule has 0 aliphatic carbocycles. The number of hydrogen-bond acceptors (Lipinski definition) is 3. The van der Waals surface area contributed by atoms with Gasteiger partial charge in [0, 0.05) is 32.5 Å². The van der Waals surface area contributed by atoms with Gasteiger partial charge in [-0.3, -0.25) is 0 Å². The maximum Gasteiger partial charge on any atom is 0.408 e. The van der Waals surface area contributed by atoms with Crippen LogP contribution >= 0.6 is 24.0 Å². The van der Waals surface area contributed by atoms with Crippen LogP contribution in [0.25, 0.3) is 0 Å². The number of rotatable bonds is 7. The van der Waals surface area contributed by atoms with Gasteiger partial charge in [-0.25, -0.2) is 9.79 Å². The summed E-state index contributed by atoms with van der Waals surface area (Å²) in [7, 11) is 1.99. The molecule has 3 N–H and O–H groups in total. The van der Waals surface area contributed by atoms with Crippen molar-refractivity contribution in [3.05, 3.63) is 59.9 Å². The Morgan fingerprint density at radius 2 is 1.87 bits per heavy atom. The van der Waals surface area contributed by atoms with E-state index in [-0.39, 0.29) is 30.0 Å². The molecular weight excluding hydrogens is 493 g/mol. The first-order valence-corrected chi connectivity index (χ1v) is 9.94. The molecule has 166 valence electrons. The molecule has 2 rings (SSSR count). The number of carbonyl (C=O) groups excluding carboxylic acids is 1. The number of nitrogens with one attached hydrogen (secondary N) is 3. The zero-order chi connectivity index (χ0) is 21.3. The van der Waals surface area contributed by atoms with Crippen LogP contribution in [0, 0.1) is 0 Å². The maximum absolute atomic E-state index is 12.3. The number of guanidine groups is 1. The van der Waals surface area contributed by atoms with E-state index in [1.807, 2.05) is 88.1 Å². The van der Waals surface area contributed by atoms with Crippen molar-refractivity contribution >= 4 is 36.0 Å². The average molecular weight is 527 g/mol. The minimum atomic E-state index is -0.551. The van der Waals surface area contributed by atoms with Crippen molar-refractivity contribution in [1.82, 2.24) is 20.5 Å². The Bertz CT molecular complexity index is 799. The second-order valence-corrected chi connectivity index (χ2v) is 7.87. The monoisotopic (exact) mass is 527 g/mol. The van der Waals surface area contributed by atoms with Crippen LogP contribution < -0.4 is 16.0 Å². The molecule has 1 aromatic heterocycles. The van der Waals surface area contributed by atoms with E-state index in [9.17, 15) is 4.79 Å². The number of aromatic nitrogens is 1. The third-order valence-electron chi connectivity index (χ3n) is 4.02. The molecule has 1 heterocycles. The molecule has 0 radical (unpaired) electrons. The number of aliphatic imine (C=N–C) groups is 1. The zero-order valence-corrected chi connectivity index (χ0v) is 20.8. The van der Waals surface area contributed by atoms with Gasteiger partial charge in [-0.2, -0.15) is 0 Å². The van der Waals surface area contributed by atoms with Gasteiger partial charge in [-0.05, 0) is 44.9 Å². The lowest BCUT2D eigenvalue weighted by Gasteiger charge is -2.24. The number of nitrogens with zero attached hydrogens (tertiary/aromatic N) is 2. The first kappa shape index (κ1) is 25.8. The van der Waals surface area contributed by atoms with Crippen molar-refractivity contribution in [3.63, 3.8) is 0 Å². The van der Waals surface area contributed by atoms with Crippen LogP contribution in [0.4, 0.5) is 4.79 Å². The molecule has 0 aliphatic rings. The minimum absolute atomic E-state index is 0. The fraction of sp³-hybridized carbons (Fsp3) is 0.455. The number of hydrogen-bond donors (Lipinski definition) is 3. The van der Waals surface area contributed by atoms with Gasteiger partial charge in [-0.1, -0.05) is 30.3 Å². The van der Waals surface area contributed by atoms with Crippen LogP contribution in [0.15, 0.2) is 53.8 Å². The van der Waals surface area contributed by atoms with E-state index >= 15 is 0 Å². The lowest BCUT2D eigenvalue weighted by atomic mass is 10.1. The van der Waals surface area contributed by atoms with Gasteiger partial charge in [0.1, 0.15) is 5.60 Å². The third-order valence-corrected chi connectivity index (χ3v) is 4.02. The van der Waals surface area contributed by atoms with Gasteiger partial charge in [0.2, 0.25) is 0 Å². The van der Waals surface area contributed by atoms with Gasteiger partial charge in [0.15, 0.2) is 5.96 Å². The number of ether oxygens (including phenoxy) is 1. The average Bonchev–Trinajstić information content (AvgIpc) is 3.07. The summed E-state index contributed by atoms with van der Waals surface area (Å²) in [5.41, 5.74) is 1.58. The van der Waals surface area contributed by atoms with E-state index in [0.29, 0.717) is 19.0 Å². The summed E-state index contributed by atoms with van der Waals surface area (Å²) in [6.45, 7) is 9.37. The molecule has 0 saturated heterocycles. The Balaban J connectivity index is 0.00000450. The summed E-state index contributed by atoms with van der Waals surface area (Å²) in [5, 5.41) is 9.53. The molecule has 0 saturated carbocycles. The first-order valence-electron chi connectivity index (χ1n) is 9.94. The van der Waals surface area contributed by atoms with E-state index in [0.717, 1.165) is 17.7 Å². The number of aryl methyl sites for hydroxylation is 1.